The second kappa shape index (κ2) is 4.43. The Kier molecular flexibility index (Phi) is 3.23. The van der Waals surface area contributed by atoms with E-state index in [1.165, 1.54) is 32.1 Å². The van der Waals surface area contributed by atoms with Gasteiger partial charge in [0.15, 0.2) is 0 Å². The van der Waals surface area contributed by atoms with Gasteiger partial charge in [-0.25, -0.2) is 0 Å². The van der Waals surface area contributed by atoms with E-state index in [0.717, 1.165) is 31.6 Å². The molecule has 0 radical (unpaired) electrons. The van der Waals surface area contributed by atoms with Crippen LogP contribution in [0.15, 0.2) is 0 Å². The van der Waals surface area contributed by atoms with Crippen molar-refractivity contribution in [2.24, 2.45) is 23.5 Å². The molecule has 2 heteroatoms. The van der Waals surface area contributed by atoms with Gasteiger partial charge in [0.05, 0.1) is 6.61 Å². The zero-order chi connectivity index (χ0) is 9.10. The summed E-state index contributed by atoms with van der Waals surface area (Å²) in [6.07, 6.45) is 7.04. The second-order valence-electron chi connectivity index (χ2n) is 4.57. The summed E-state index contributed by atoms with van der Waals surface area (Å²) in [7, 11) is 0. The lowest BCUT2D eigenvalue weighted by Crippen LogP contribution is -2.36. The van der Waals surface area contributed by atoms with E-state index in [9.17, 15) is 0 Å². The Morgan fingerprint density at radius 2 is 1.92 bits per heavy atom. The number of ether oxygens (including phenoxy) is 1. The smallest absolute Gasteiger partial charge is 0.0509 e. The molecule has 1 saturated heterocycles. The van der Waals surface area contributed by atoms with Crippen LogP contribution < -0.4 is 5.73 Å². The minimum atomic E-state index is 0.650. The Labute approximate surface area is 80.8 Å². The minimum absolute atomic E-state index is 0.650. The van der Waals surface area contributed by atoms with E-state index in [0.29, 0.717) is 5.92 Å². The van der Waals surface area contributed by atoms with Crippen molar-refractivity contribution in [3.63, 3.8) is 0 Å². The predicted molar refractivity (Wildman–Crippen MR) is 53.4 cm³/mol. The van der Waals surface area contributed by atoms with Gasteiger partial charge in [-0.3, -0.25) is 0 Å². The first-order chi connectivity index (χ1) is 6.42. The molecule has 1 heterocycles. The maximum atomic E-state index is 5.78. The van der Waals surface area contributed by atoms with Crippen LogP contribution in [0.5, 0.6) is 0 Å². The van der Waals surface area contributed by atoms with Crippen LogP contribution in [0.2, 0.25) is 0 Å². The summed E-state index contributed by atoms with van der Waals surface area (Å²) in [6, 6.07) is 0. The van der Waals surface area contributed by atoms with Crippen LogP contribution in [-0.2, 0) is 4.74 Å². The number of nitrogens with two attached hydrogens (primary N) is 1. The summed E-state index contributed by atoms with van der Waals surface area (Å²) in [5, 5.41) is 0. The van der Waals surface area contributed by atoms with E-state index < -0.39 is 0 Å². The van der Waals surface area contributed by atoms with Crippen LogP contribution >= 0.6 is 0 Å². The van der Waals surface area contributed by atoms with E-state index in [1.54, 1.807) is 0 Å². The van der Waals surface area contributed by atoms with Crippen molar-refractivity contribution in [1.82, 2.24) is 0 Å². The molecule has 2 nitrogen and oxygen atoms in total. The third-order valence-electron chi connectivity index (χ3n) is 3.84. The van der Waals surface area contributed by atoms with Crippen molar-refractivity contribution < 1.29 is 4.74 Å². The molecular weight excluding hydrogens is 162 g/mol. The monoisotopic (exact) mass is 183 g/mol. The Balaban J connectivity index is 1.93. The number of hydrogen-bond donors (Lipinski definition) is 1. The van der Waals surface area contributed by atoms with Gasteiger partial charge in [0.2, 0.25) is 0 Å². The van der Waals surface area contributed by atoms with Crippen molar-refractivity contribution in [1.29, 1.82) is 0 Å². The molecule has 2 aliphatic rings. The lowest BCUT2D eigenvalue weighted by molar-refractivity contribution is 0.000174. The molecule has 0 bridgehead atoms. The molecule has 76 valence electrons. The van der Waals surface area contributed by atoms with Crippen LogP contribution in [0.1, 0.15) is 32.1 Å². The highest BCUT2D eigenvalue weighted by molar-refractivity contribution is 4.83. The van der Waals surface area contributed by atoms with Crippen LogP contribution in [0, 0.1) is 17.8 Å². The molecule has 2 fully saturated rings. The molecule has 1 aliphatic carbocycles. The highest BCUT2D eigenvalue weighted by atomic mass is 16.5. The van der Waals surface area contributed by atoms with Crippen molar-refractivity contribution >= 4 is 0 Å². The molecule has 2 atom stereocenters. The van der Waals surface area contributed by atoms with E-state index in [4.69, 9.17) is 10.5 Å². The van der Waals surface area contributed by atoms with Crippen molar-refractivity contribution in [2.45, 2.75) is 32.1 Å². The van der Waals surface area contributed by atoms with Crippen LogP contribution in [0.4, 0.5) is 0 Å². The van der Waals surface area contributed by atoms with Crippen molar-refractivity contribution in [2.75, 3.05) is 19.8 Å². The largest absolute Gasteiger partial charge is 0.381 e. The molecule has 2 N–H and O–H groups in total. The first kappa shape index (κ1) is 9.47. The average Bonchev–Trinajstić information content (AvgIpc) is 2.70. The van der Waals surface area contributed by atoms with Gasteiger partial charge in [0.25, 0.3) is 0 Å². The van der Waals surface area contributed by atoms with Gasteiger partial charge in [-0.15, -0.1) is 0 Å². The lowest BCUT2D eigenvalue weighted by Gasteiger charge is -2.34. The van der Waals surface area contributed by atoms with E-state index >= 15 is 0 Å². The molecule has 13 heavy (non-hydrogen) atoms. The van der Waals surface area contributed by atoms with Crippen molar-refractivity contribution in [3.05, 3.63) is 0 Å². The van der Waals surface area contributed by atoms with Gasteiger partial charge in [-0.05, 0) is 30.7 Å². The Hall–Kier alpha value is -0.0800. The first-order valence-corrected chi connectivity index (χ1v) is 5.69. The van der Waals surface area contributed by atoms with Gasteiger partial charge in [-0.1, -0.05) is 25.7 Å². The van der Waals surface area contributed by atoms with Crippen molar-refractivity contribution in [3.8, 4) is 0 Å². The van der Waals surface area contributed by atoms with Gasteiger partial charge >= 0.3 is 0 Å². The average molecular weight is 183 g/mol. The molecule has 0 amide bonds. The standard InChI is InChI=1S/C11H21NO/c12-7-10-8-13-6-5-11(10)9-3-1-2-4-9/h9-11H,1-8,12H2. The number of hydrogen-bond acceptors (Lipinski definition) is 2. The fourth-order valence-electron chi connectivity index (χ4n) is 3.06. The molecule has 0 aromatic rings. The van der Waals surface area contributed by atoms with Crippen LogP contribution in [-0.4, -0.2) is 19.8 Å². The molecule has 2 unspecified atom stereocenters. The number of rotatable bonds is 2. The van der Waals surface area contributed by atoms with E-state index in [1.807, 2.05) is 0 Å². The molecule has 0 spiro atoms. The predicted octanol–water partition coefficient (Wildman–Crippen LogP) is 1.79. The summed E-state index contributed by atoms with van der Waals surface area (Å²) in [4.78, 5) is 0. The summed E-state index contributed by atoms with van der Waals surface area (Å²) in [6.45, 7) is 2.70. The molecule has 0 aromatic heterocycles. The zero-order valence-corrected chi connectivity index (χ0v) is 8.37. The topological polar surface area (TPSA) is 35.2 Å². The summed E-state index contributed by atoms with van der Waals surface area (Å²) in [5.41, 5.74) is 5.78. The fraction of sp³-hybridized carbons (Fsp3) is 1.00. The van der Waals surface area contributed by atoms with Crippen LogP contribution in [0.3, 0.4) is 0 Å². The quantitative estimate of drug-likeness (QED) is 0.708. The van der Waals surface area contributed by atoms with Gasteiger partial charge in [0, 0.05) is 6.61 Å². The SMILES string of the molecule is NCC1COCCC1C1CCCC1. The lowest BCUT2D eigenvalue weighted by atomic mass is 9.78. The molecule has 0 aromatic carbocycles. The molecule has 2 rings (SSSR count). The first-order valence-electron chi connectivity index (χ1n) is 5.69. The molecular formula is C11H21NO. The van der Waals surface area contributed by atoms with Gasteiger partial charge in [-0.2, -0.15) is 0 Å². The summed E-state index contributed by atoms with van der Waals surface area (Å²) in [5.74, 6) is 2.50. The summed E-state index contributed by atoms with van der Waals surface area (Å²) >= 11 is 0. The second-order valence-corrected chi connectivity index (χ2v) is 4.57. The third kappa shape index (κ3) is 2.05. The maximum Gasteiger partial charge on any atom is 0.0509 e. The summed E-state index contributed by atoms with van der Waals surface area (Å²) < 4.78 is 5.48. The van der Waals surface area contributed by atoms with E-state index in [-0.39, 0.29) is 0 Å². The molecule has 1 aliphatic heterocycles. The highest BCUT2D eigenvalue weighted by Gasteiger charge is 2.32. The minimum Gasteiger partial charge on any atom is -0.381 e. The van der Waals surface area contributed by atoms with Crippen LogP contribution in [0.25, 0.3) is 0 Å². The van der Waals surface area contributed by atoms with Gasteiger partial charge in [0.1, 0.15) is 0 Å². The fourth-order valence-corrected chi connectivity index (χ4v) is 3.06. The Morgan fingerprint density at radius 3 is 2.62 bits per heavy atom. The zero-order valence-electron chi connectivity index (χ0n) is 8.37. The third-order valence-corrected chi connectivity index (χ3v) is 3.84. The molecule has 1 saturated carbocycles. The normalized spacial score (nSPS) is 36.7. The van der Waals surface area contributed by atoms with Gasteiger partial charge < -0.3 is 10.5 Å². The maximum absolute atomic E-state index is 5.78. The van der Waals surface area contributed by atoms with E-state index in [2.05, 4.69) is 0 Å². The Morgan fingerprint density at radius 1 is 1.15 bits per heavy atom. The highest BCUT2D eigenvalue weighted by Crippen LogP contribution is 2.38. The Bertz CT molecular complexity index is 152.